The summed E-state index contributed by atoms with van der Waals surface area (Å²) in [6.45, 7) is 2.16. The quantitative estimate of drug-likeness (QED) is 0.424. The van der Waals surface area contributed by atoms with Gasteiger partial charge in [-0.05, 0) is 90.8 Å². The molecule has 0 saturated heterocycles. The fourth-order valence-corrected chi connectivity index (χ4v) is 4.96. The van der Waals surface area contributed by atoms with Gasteiger partial charge in [-0.2, -0.15) is 0 Å². The number of halogens is 6. The Hall–Kier alpha value is -2.44. The molecule has 0 amide bonds. The summed E-state index contributed by atoms with van der Waals surface area (Å²) in [6.07, 6.45) is 1.61. The van der Waals surface area contributed by atoms with Gasteiger partial charge in [0, 0.05) is 5.56 Å². The zero-order valence-electron chi connectivity index (χ0n) is 17.7. The lowest BCUT2D eigenvalue weighted by molar-refractivity contribution is -0.275. The average molecular weight is 454 g/mol. The average Bonchev–Trinajstić information content (AvgIpc) is 2.74. The van der Waals surface area contributed by atoms with E-state index in [1.807, 2.05) is 0 Å². The summed E-state index contributed by atoms with van der Waals surface area (Å²) >= 11 is 0. The molecule has 2 aliphatic carbocycles. The number of alkyl halides is 3. The van der Waals surface area contributed by atoms with Gasteiger partial charge >= 0.3 is 6.36 Å². The minimum absolute atomic E-state index is 0.0176. The number of hydrogen-bond donors (Lipinski definition) is 0. The largest absolute Gasteiger partial charge is 0.573 e. The Bertz CT molecular complexity index is 1010. The van der Waals surface area contributed by atoms with Crippen molar-refractivity contribution in [3.05, 3.63) is 64.0 Å². The topological polar surface area (TPSA) is 9.23 Å². The van der Waals surface area contributed by atoms with Crippen molar-refractivity contribution in [2.24, 2.45) is 5.92 Å². The number of rotatable bonds is 4. The molecule has 2 aliphatic rings. The normalized spacial score (nSPS) is 21.2. The molecule has 1 fully saturated rings. The van der Waals surface area contributed by atoms with Crippen LogP contribution < -0.4 is 4.74 Å². The Kier molecular flexibility index (Phi) is 6.28. The third-order valence-corrected chi connectivity index (χ3v) is 6.72. The second-order valence-corrected chi connectivity index (χ2v) is 8.65. The van der Waals surface area contributed by atoms with Crippen molar-refractivity contribution in [3.8, 4) is 5.75 Å². The number of hydrogen-bond acceptors (Lipinski definition) is 1. The maximum atomic E-state index is 15.0. The fourth-order valence-electron chi connectivity index (χ4n) is 4.96. The number of fused-ring (bicyclic) bond motifs is 1. The van der Waals surface area contributed by atoms with Crippen LogP contribution in [-0.2, 0) is 6.42 Å². The van der Waals surface area contributed by atoms with E-state index >= 15 is 0 Å². The fraction of sp³-hybridized carbons (Fsp3) is 0.440. The van der Waals surface area contributed by atoms with Gasteiger partial charge in [-0.3, -0.25) is 0 Å². The van der Waals surface area contributed by atoms with Gasteiger partial charge in [0.15, 0.2) is 11.6 Å². The molecular formula is C25H24F6O. The first-order valence-electron chi connectivity index (χ1n) is 10.9. The van der Waals surface area contributed by atoms with E-state index in [0.29, 0.717) is 22.6 Å². The van der Waals surface area contributed by atoms with Crippen LogP contribution in [0.1, 0.15) is 73.6 Å². The van der Waals surface area contributed by atoms with Crippen molar-refractivity contribution >= 4 is 11.6 Å². The summed E-state index contributed by atoms with van der Waals surface area (Å²) in [5.41, 5.74) is 1.20. The molecule has 0 aliphatic heterocycles. The molecular weight excluding hydrogens is 430 g/mol. The molecule has 1 saturated carbocycles. The van der Waals surface area contributed by atoms with Crippen LogP contribution in [0.2, 0.25) is 0 Å². The van der Waals surface area contributed by atoms with E-state index in [1.165, 1.54) is 24.3 Å². The van der Waals surface area contributed by atoms with Crippen molar-refractivity contribution in [2.45, 2.75) is 64.1 Å². The zero-order chi connectivity index (χ0) is 23.0. The summed E-state index contributed by atoms with van der Waals surface area (Å²) in [4.78, 5) is 0. The van der Waals surface area contributed by atoms with Crippen LogP contribution in [0.4, 0.5) is 26.3 Å². The monoisotopic (exact) mass is 454 g/mol. The lowest BCUT2D eigenvalue weighted by Gasteiger charge is -2.28. The summed E-state index contributed by atoms with van der Waals surface area (Å²) in [6, 6.07) is 4.94. The van der Waals surface area contributed by atoms with E-state index in [2.05, 4.69) is 11.7 Å². The molecule has 0 bridgehead atoms. The Morgan fingerprint density at radius 2 is 1.59 bits per heavy atom. The molecule has 32 heavy (non-hydrogen) atoms. The second-order valence-electron chi connectivity index (χ2n) is 8.65. The highest BCUT2D eigenvalue weighted by Gasteiger charge is 2.33. The predicted octanol–water partition coefficient (Wildman–Crippen LogP) is 8.17. The molecule has 0 N–H and O–H groups in total. The highest BCUT2D eigenvalue weighted by atomic mass is 19.4. The van der Waals surface area contributed by atoms with E-state index in [-0.39, 0.29) is 29.9 Å². The molecule has 1 nitrogen and oxygen atoms in total. The van der Waals surface area contributed by atoms with Gasteiger partial charge in [-0.25, -0.2) is 13.2 Å². The Labute approximate surface area is 183 Å². The first kappa shape index (κ1) is 22.7. The Morgan fingerprint density at radius 1 is 0.938 bits per heavy atom. The first-order chi connectivity index (χ1) is 15.2. The van der Waals surface area contributed by atoms with Gasteiger partial charge in [0.2, 0.25) is 0 Å². The molecule has 172 valence electrons. The van der Waals surface area contributed by atoms with Gasteiger partial charge in [0.25, 0.3) is 0 Å². The number of allylic oxidation sites excluding steroid dienone is 1. The van der Waals surface area contributed by atoms with E-state index < -0.39 is 29.6 Å². The van der Waals surface area contributed by atoms with Crippen LogP contribution in [0.15, 0.2) is 24.3 Å². The van der Waals surface area contributed by atoms with E-state index in [4.69, 9.17) is 0 Å². The molecule has 0 spiro atoms. The van der Waals surface area contributed by atoms with Gasteiger partial charge in [0.05, 0.1) is 0 Å². The van der Waals surface area contributed by atoms with Crippen LogP contribution in [0.3, 0.4) is 0 Å². The zero-order valence-corrected chi connectivity index (χ0v) is 17.7. The lowest BCUT2D eigenvalue weighted by Crippen LogP contribution is -2.18. The summed E-state index contributed by atoms with van der Waals surface area (Å²) in [5, 5.41) is 0. The van der Waals surface area contributed by atoms with Crippen LogP contribution >= 0.6 is 0 Å². The molecule has 0 unspecified atom stereocenters. The van der Waals surface area contributed by atoms with E-state index in [9.17, 15) is 26.3 Å². The molecule has 0 atom stereocenters. The van der Waals surface area contributed by atoms with Crippen molar-refractivity contribution in [1.82, 2.24) is 0 Å². The van der Waals surface area contributed by atoms with Crippen molar-refractivity contribution in [3.63, 3.8) is 0 Å². The summed E-state index contributed by atoms with van der Waals surface area (Å²) in [7, 11) is 0. The SMILES string of the molecule is CCC1CCC(c2cc(F)c(C3=Cc4ccc(OC(F)(F)F)c(F)c4CC3)c(F)c2)CC1. The molecule has 0 aromatic heterocycles. The first-order valence-corrected chi connectivity index (χ1v) is 10.9. The number of benzene rings is 2. The Morgan fingerprint density at radius 3 is 2.19 bits per heavy atom. The van der Waals surface area contributed by atoms with Gasteiger partial charge < -0.3 is 4.74 Å². The number of ether oxygens (including phenoxy) is 1. The second kappa shape index (κ2) is 8.83. The summed E-state index contributed by atoms with van der Waals surface area (Å²) < 4.78 is 85.5. The lowest BCUT2D eigenvalue weighted by atomic mass is 9.77. The molecule has 2 aromatic carbocycles. The van der Waals surface area contributed by atoms with Crippen LogP contribution in [0, 0.1) is 23.4 Å². The van der Waals surface area contributed by atoms with Crippen molar-refractivity contribution < 1.29 is 31.1 Å². The molecule has 7 heteroatoms. The third-order valence-electron chi connectivity index (χ3n) is 6.72. The van der Waals surface area contributed by atoms with Gasteiger partial charge in [-0.15, -0.1) is 13.2 Å². The van der Waals surface area contributed by atoms with Crippen molar-refractivity contribution in [1.29, 1.82) is 0 Å². The molecule has 0 radical (unpaired) electrons. The highest BCUT2D eigenvalue weighted by molar-refractivity contribution is 5.85. The van der Waals surface area contributed by atoms with Crippen LogP contribution in [0.5, 0.6) is 5.75 Å². The van der Waals surface area contributed by atoms with E-state index in [1.54, 1.807) is 0 Å². The maximum Gasteiger partial charge on any atom is 0.573 e. The maximum absolute atomic E-state index is 15.0. The summed E-state index contributed by atoms with van der Waals surface area (Å²) in [5.74, 6) is -2.52. The highest BCUT2D eigenvalue weighted by Crippen LogP contribution is 2.41. The molecule has 2 aromatic rings. The van der Waals surface area contributed by atoms with Crippen LogP contribution in [-0.4, -0.2) is 6.36 Å². The third kappa shape index (κ3) is 4.66. The predicted molar refractivity (Wildman–Crippen MR) is 111 cm³/mol. The van der Waals surface area contributed by atoms with Gasteiger partial charge in [0.1, 0.15) is 11.6 Å². The minimum atomic E-state index is -5.01. The standard InChI is InChI=1S/C25H24F6O/c1-2-14-3-5-15(6-4-14)18-12-20(26)23(21(27)13-18)17-7-9-19-16(11-17)8-10-22(24(19)28)32-25(29,30)31/h8,10-15H,2-7,9H2,1H3. The van der Waals surface area contributed by atoms with E-state index in [0.717, 1.165) is 38.2 Å². The Balaban J connectivity index is 1.61. The van der Waals surface area contributed by atoms with Crippen molar-refractivity contribution in [2.75, 3.05) is 0 Å². The minimum Gasteiger partial charge on any atom is -0.403 e. The smallest absolute Gasteiger partial charge is 0.403 e. The molecule has 0 heterocycles. The van der Waals surface area contributed by atoms with Crippen LogP contribution in [0.25, 0.3) is 11.6 Å². The van der Waals surface area contributed by atoms with Gasteiger partial charge in [-0.1, -0.05) is 25.5 Å². The molecule has 4 rings (SSSR count).